The second-order valence-corrected chi connectivity index (χ2v) is 12.0. The van der Waals surface area contributed by atoms with Crippen LogP contribution in [0.5, 0.6) is 0 Å². The average molecular weight is 567 g/mol. The monoisotopic (exact) mass is 566 g/mol. The highest BCUT2D eigenvalue weighted by Crippen LogP contribution is 2.63. The predicted molar refractivity (Wildman–Crippen MR) is 158 cm³/mol. The highest BCUT2D eigenvalue weighted by molar-refractivity contribution is 6.05. The first kappa shape index (κ1) is 31.0. The molecular formula is C33H46N2O6. The summed E-state index contributed by atoms with van der Waals surface area (Å²) in [4.78, 5) is 45.9. The maximum absolute atomic E-state index is 14.7. The van der Waals surface area contributed by atoms with Crippen molar-refractivity contribution in [2.75, 3.05) is 31.2 Å². The minimum absolute atomic E-state index is 0.129. The molecular weight excluding hydrogens is 520 g/mol. The molecule has 3 fully saturated rings. The molecule has 8 heteroatoms. The molecule has 3 saturated heterocycles. The number of unbranched alkanes of at least 4 members (excludes halogenated alkanes) is 4. The summed E-state index contributed by atoms with van der Waals surface area (Å²) >= 11 is 0. The quantitative estimate of drug-likeness (QED) is 0.189. The maximum atomic E-state index is 14.7. The molecule has 2 amide bonds. The van der Waals surface area contributed by atoms with Crippen molar-refractivity contribution in [2.24, 2.45) is 11.8 Å². The van der Waals surface area contributed by atoms with E-state index in [9.17, 15) is 19.5 Å². The Morgan fingerprint density at radius 1 is 1.12 bits per heavy atom. The fraction of sp³-hybridized carbons (Fsp3) is 0.606. The lowest BCUT2D eigenvalue weighted by Gasteiger charge is -2.37. The predicted octanol–water partition coefficient (Wildman–Crippen LogP) is 4.65. The number of benzene rings is 1. The van der Waals surface area contributed by atoms with E-state index in [1.54, 1.807) is 22.0 Å². The van der Waals surface area contributed by atoms with E-state index >= 15 is 0 Å². The molecule has 41 heavy (non-hydrogen) atoms. The summed E-state index contributed by atoms with van der Waals surface area (Å²) in [7, 11) is 0. The summed E-state index contributed by atoms with van der Waals surface area (Å²) in [6.07, 6.45) is 9.02. The third-order valence-corrected chi connectivity index (χ3v) is 9.16. The number of nitrogens with zero attached hydrogens (tertiary/aromatic N) is 2. The van der Waals surface area contributed by atoms with Crippen molar-refractivity contribution in [3.05, 3.63) is 54.6 Å². The van der Waals surface area contributed by atoms with Gasteiger partial charge in [-0.2, -0.15) is 0 Å². The number of fused-ring (bicyclic) bond motifs is 1. The number of para-hydroxylation sites is 1. The van der Waals surface area contributed by atoms with Gasteiger partial charge in [-0.1, -0.05) is 43.2 Å². The third kappa shape index (κ3) is 5.61. The Kier molecular flexibility index (Phi) is 9.75. The standard InChI is InChI=1S/C33H46N2O6/c1-6-8-13-22-40-31(39)26-25-29(37)35(20-11-9-10-12-21-36)28(33(25)18-17-32(26,5)41-33)30(38)34(19-7-2)27-23(3)15-14-16-24(27)4/h6-7,14-16,25-26,28,36H,1-2,8-13,17-22H2,3-5H3/t25-,26-,28?,32+,33?/m0/s1. The van der Waals surface area contributed by atoms with Crippen molar-refractivity contribution in [3.8, 4) is 0 Å². The zero-order valence-corrected chi connectivity index (χ0v) is 24.9. The Morgan fingerprint density at radius 3 is 2.49 bits per heavy atom. The molecule has 3 aliphatic heterocycles. The largest absolute Gasteiger partial charge is 0.465 e. The lowest BCUT2D eigenvalue weighted by molar-refractivity contribution is -0.159. The number of anilines is 1. The molecule has 3 aliphatic rings. The van der Waals surface area contributed by atoms with Crippen LogP contribution in [-0.2, 0) is 23.9 Å². The summed E-state index contributed by atoms with van der Waals surface area (Å²) in [5.41, 5.74) is 0.750. The SMILES string of the molecule is C=CCCCOC(=O)[C@@H]1[C@H]2C(=O)N(CCCCCCO)C(C(=O)N(CC=C)c3c(C)cccc3C)C23CC[C@@]1(C)O3. The Labute approximate surface area is 244 Å². The molecule has 8 nitrogen and oxygen atoms in total. The van der Waals surface area contributed by atoms with Crippen molar-refractivity contribution in [2.45, 2.75) is 89.4 Å². The lowest BCUT2D eigenvalue weighted by Crippen LogP contribution is -2.56. The number of rotatable bonds is 15. The molecule has 0 aromatic heterocycles. The van der Waals surface area contributed by atoms with E-state index in [-0.39, 0.29) is 31.6 Å². The number of hydrogen-bond donors (Lipinski definition) is 1. The number of esters is 1. The van der Waals surface area contributed by atoms with Gasteiger partial charge in [-0.05, 0) is 70.4 Å². The van der Waals surface area contributed by atoms with Crippen LogP contribution >= 0.6 is 0 Å². The van der Waals surface area contributed by atoms with Crippen LogP contribution in [0.25, 0.3) is 0 Å². The van der Waals surface area contributed by atoms with Crippen LogP contribution in [0, 0.1) is 25.7 Å². The van der Waals surface area contributed by atoms with E-state index in [0.717, 1.165) is 36.1 Å². The van der Waals surface area contributed by atoms with Gasteiger partial charge in [0.05, 0.1) is 18.1 Å². The van der Waals surface area contributed by atoms with E-state index in [2.05, 4.69) is 13.2 Å². The highest BCUT2D eigenvalue weighted by Gasteiger charge is 2.78. The number of carbonyl (C=O) groups excluding carboxylic acids is 3. The van der Waals surface area contributed by atoms with Crippen molar-refractivity contribution in [1.29, 1.82) is 0 Å². The minimum Gasteiger partial charge on any atom is -0.465 e. The number of allylic oxidation sites excluding steroid dienone is 1. The van der Waals surface area contributed by atoms with Crippen molar-refractivity contribution < 1.29 is 29.0 Å². The summed E-state index contributed by atoms with van der Waals surface area (Å²) < 4.78 is 12.4. The van der Waals surface area contributed by atoms with E-state index in [1.807, 2.05) is 39.0 Å². The lowest BCUT2D eigenvalue weighted by atomic mass is 9.66. The summed E-state index contributed by atoms with van der Waals surface area (Å²) in [6.45, 7) is 14.5. The second-order valence-electron chi connectivity index (χ2n) is 12.0. The smallest absolute Gasteiger partial charge is 0.312 e. The van der Waals surface area contributed by atoms with E-state index in [1.165, 1.54) is 0 Å². The minimum atomic E-state index is -1.10. The second kappa shape index (κ2) is 12.9. The Hall–Kier alpha value is -2.97. The number of carbonyl (C=O) groups is 3. The van der Waals surface area contributed by atoms with Gasteiger partial charge in [0, 0.05) is 25.4 Å². The summed E-state index contributed by atoms with van der Waals surface area (Å²) in [5, 5.41) is 9.19. The number of hydrogen-bond acceptors (Lipinski definition) is 6. The third-order valence-electron chi connectivity index (χ3n) is 9.16. The average Bonchev–Trinajstić information content (AvgIpc) is 3.50. The first-order valence-corrected chi connectivity index (χ1v) is 15.0. The van der Waals surface area contributed by atoms with Gasteiger partial charge >= 0.3 is 5.97 Å². The maximum Gasteiger partial charge on any atom is 0.312 e. The Balaban J connectivity index is 1.72. The normalized spacial score (nSPS) is 28.0. The van der Waals surface area contributed by atoms with Gasteiger partial charge in [-0.25, -0.2) is 0 Å². The summed E-state index contributed by atoms with van der Waals surface area (Å²) in [6, 6.07) is 5.05. The van der Waals surface area contributed by atoms with Crippen LogP contribution in [0.2, 0.25) is 0 Å². The molecule has 1 aromatic rings. The molecule has 3 heterocycles. The van der Waals surface area contributed by atoms with Gasteiger partial charge in [0.1, 0.15) is 17.6 Å². The summed E-state index contributed by atoms with van der Waals surface area (Å²) in [5.74, 6) is -2.39. The van der Waals surface area contributed by atoms with Crippen LogP contribution in [0.1, 0.15) is 69.4 Å². The van der Waals surface area contributed by atoms with Gasteiger partial charge < -0.3 is 24.4 Å². The molecule has 2 bridgehead atoms. The molecule has 224 valence electrons. The van der Waals surface area contributed by atoms with Crippen LogP contribution in [0.4, 0.5) is 5.69 Å². The van der Waals surface area contributed by atoms with E-state index < -0.39 is 35.0 Å². The van der Waals surface area contributed by atoms with Crippen LogP contribution in [0.3, 0.4) is 0 Å². The molecule has 5 atom stereocenters. The Bertz CT molecular complexity index is 1150. The van der Waals surface area contributed by atoms with E-state index in [0.29, 0.717) is 38.6 Å². The molecule has 1 N–H and O–H groups in total. The number of ether oxygens (including phenoxy) is 2. The Morgan fingerprint density at radius 2 is 1.83 bits per heavy atom. The molecule has 4 rings (SSSR count). The molecule has 0 radical (unpaired) electrons. The number of amides is 2. The number of aliphatic hydroxyl groups excluding tert-OH is 1. The van der Waals surface area contributed by atoms with Crippen molar-refractivity contribution in [1.82, 2.24) is 4.90 Å². The van der Waals surface area contributed by atoms with E-state index in [4.69, 9.17) is 9.47 Å². The van der Waals surface area contributed by atoms with Gasteiger partial charge in [-0.15, -0.1) is 13.2 Å². The number of likely N-dealkylation sites (tertiary alicyclic amines) is 1. The zero-order valence-electron chi connectivity index (χ0n) is 24.9. The molecule has 0 aliphatic carbocycles. The molecule has 1 aromatic carbocycles. The van der Waals surface area contributed by atoms with Crippen LogP contribution in [-0.4, -0.2) is 71.3 Å². The van der Waals surface area contributed by atoms with Gasteiger partial charge in [0.2, 0.25) is 5.91 Å². The van der Waals surface area contributed by atoms with Crippen LogP contribution < -0.4 is 4.90 Å². The molecule has 0 saturated carbocycles. The molecule has 1 spiro atoms. The fourth-order valence-electron chi connectivity index (χ4n) is 7.34. The number of aliphatic hydroxyl groups is 1. The fourth-order valence-corrected chi connectivity index (χ4v) is 7.34. The van der Waals surface area contributed by atoms with Gasteiger partial charge in [-0.3, -0.25) is 14.4 Å². The first-order chi connectivity index (χ1) is 19.7. The highest BCUT2D eigenvalue weighted by atomic mass is 16.6. The molecule has 2 unspecified atom stereocenters. The van der Waals surface area contributed by atoms with Crippen LogP contribution in [0.15, 0.2) is 43.5 Å². The van der Waals surface area contributed by atoms with Gasteiger partial charge in [0.15, 0.2) is 0 Å². The van der Waals surface area contributed by atoms with Crippen molar-refractivity contribution in [3.63, 3.8) is 0 Å². The number of aryl methyl sites for hydroxylation is 2. The zero-order chi connectivity index (χ0) is 29.8. The van der Waals surface area contributed by atoms with Crippen molar-refractivity contribution >= 4 is 23.5 Å². The first-order valence-electron chi connectivity index (χ1n) is 15.0. The van der Waals surface area contributed by atoms with Gasteiger partial charge in [0.25, 0.3) is 5.91 Å². The topological polar surface area (TPSA) is 96.4 Å².